The van der Waals surface area contributed by atoms with Gasteiger partial charge in [0.15, 0.2) is 0 Å². The molecule has 2 atom stereocenters. The molecule has 96 valence electrons. The molecule has 0 saturated carbocycles. The van der Waals surface area contributed by atoms with Crippen LogP contribution in [0.4, 0.5) is 0 Å². The van der Waals surface area contributed by atoms with Crippen molar-refractivity contribution < 1.29 is 4.74 Å². The van der Waals surface area contributed by atoms with E-state index in [2.05, 4.69) is 44.9 Å². The van der Waals surface area contributed by atoms with Crippen LogP contribution in [0.25, 0.3) is 0 Å². The summed E-state index contributed by atoms with van der Waals surface area (Å²) in [6, 6.07) is 0.763. The first kappa shape index (κ1) is 13.9. The van der Waals surface area contributed by atoms with Crippen LogP contribution >= 0.6 is 0 Å². The summed E-state index contributed by atoms with van der Waals surface area (Å²) < 4.78 is 5.85. The molecule has 0 aliphatic carbocycles. The lowest BCUT2D eigenvalue weighted by molar-refractivity contribution is -0.0729. The molecule has 1 aliphatic rings. The molecule has 1 heterocycles. The summed E-state index contributed by atoms with van der Waals surface area (Å²) in [4.78, 5) is 2.45. The molecule has 1 aliphatic heterocycles. The number of hydrazine groups is 1. The van der Waals surface area contributed by atoms with E-state index in [0.717, 1.165) is 19.7 Å². The molecular weight excluding hydrogens is 202 g/mol. The molecule has 4 nitrogen and oxygen atoms in total. The maximum Gasteiger partial charge on any atom is 0.0873 e. The van der Waals surface area contributed by atoms with Crippen LogP contribution in [0.1, 0.15) is 34.6 Å². The number of morpholine rings is 1. The van der Waals surface area contributed by atoms with Crippen LogP contribution in [-0.2, 0) is 4.74 Å². The smallest absolute Gasteiger partial charge is 0.0873 e. The average Bonchev–Trinajstić information content (AvgIpc) is 2.17. The van der Waals surface area contributed by atoms with Gasteiger partial charge in [-0.1, -0.05) is 20.8 Å². The third-order valence-electron chi connectivity index (χ3n) is 3.34. The molecule has 0 aromatic carbocycles. The fourth-order valence-electron chi connectivity index (χ4n) is 2.28. The van der Waals surface area contributed by atoms with Gasteiger partial charge in [0.05, 0.1) is 18.8 Å². The second-order valence-electron chi connectivity index (χ2n) is 6.01. The molecule has 0 aromatic rings. The first-order valence-electron chi connectivity index (χ1n) is 6.18. The van der Waals surface area contributed by atoms with Gasteiger partial charge in [-0.15, -0.1) is 0 Å². The Labute approximate surface area is 99.5 Å². The van der Waals surface area contributed by atoms with Gasteiger partial charge in [-0.05, 0) is 19.3 Å². The SMILES string of the molecule is CC(C)N1CCOC(C(NN)C(C)(C)C)C1. The predicted molar refractivity (Wildman–Crippen MR) is 67.0 cm³/mol. The number of nitrogens with two attached hydrogens (primary N) is 1. The van der Waals surface area contributed by atoms with E-state index in [9.17, 15) is 0 Å². The Bertz CT molecular complexity index is 213. The van der Waals surface area contributed by atoms with Crippen LogP contribution in [0, 0.1) is 5.41 Å². The summed E-state index contributed by atoms with van der Waals surface area (Å²) >= 11 is 0. The summed E-state index contributed by atoms with van der Waals surface area (Å²) in [6.07, 6.45) is 0.182. The maximum atomic E-state index is 5.85. The van der Waals surface area contributed by atoms with Crippen LogP contribution in [0.5, 0.6) is 0 Å². The summed E-state index contributed by atoms with van der Waals surface area (Å²) in [5.74, 6) is 5.66. The standard InChI is InChI=1S/C12H27N3O/c1-9(2)15-6-7-16-10(8-15)11(14-13)12(3,4)5/h9-11,14H,6-8,13H2,1-5H3. The van der Waals surface area contributed by atoms with Crippen molar-refractivity contribution in [3.05, 3.63) is 0 Å². The van der Waals surface area contributed by atoms with Gasteiger partial charge in [-0.25, -0.2) is 0 Å². The fraction of sp³-hybridized carbons (Fsp3) is 1.00. The zero-order valence-corrected chi connectivity index (χ0v) is 11.3. The fourth-order valence-corrected chi connectivity index (χ4v) is 2.28. The van der Waals surface area contributed by atoms with Gasteiger partial charge in [-0.3, -0.25) is 16.2 Å². The molecule has 0 bridgehead atoms. The molecular formula is C12H27N3O. The minimum atomic E-state index is 0.111. The van der Waals surface area contributed by atoms with Crippen molar-refractivity contribution in [2.75, 3.05) is 19.7 Å². The highest BCUT2D eigenvalue weighted by molar-refractivity contribution is 4.90. The molecule has 0 amide bonds. The summed E-state index contributed by atoms with van der Waals surface area (Å²) in [5.41, 5.74) is 3.03. The molecule has 0 spiro atoms. The van der Waals surface area contributed by atoms with Crippen molar-refractivity contribution in [1.29, 1.82) is 0 Å². The van der Waals surface area contributed by atoms with Crippen molar-refractivity contribution in [2.24, 2.45) is 11.3 Å². The zero-order chi connectivity index (χ0) is 12.3. The zero-order valence-electron chi connectivity index (χ0n) is 11.3. The largest absolute Gasteiger partial charge is 0.374 e. The van der Waals surface area contributed by atoms with Crippen molar-refractivity contribution in [1.82, 2.24) is 10.3 Å². The molecule has 0 aromatic heterocycles. The number of hydrogen-bond acceptors (Lipinski definition) is 4. The lowest BCUT2D eigenvalue weighted by atomic mass is 9.83. The second kappa shape index (κ2) is 5.45. The lowest BCUT2D eigenvalue weighted by Gasteiger charge is -2.43. The Morgan fingerprint density at radius 1 is 1.38 bits per heavy atom. The molecule has 4 heteroatoms. The van der Waals surface area contributed by atoms with Gasteiger partial charge in [0, 0.05) is 19.1 Å². The van der Waals surface area contributed by atoms with Crippen LogP contribution in [0.3, 0.4) is 0 Å². The van der Waals surface area contributed by atoms with E-state index in [1.807, 2.05) is 0 Å². The third-order valence-corrected chi connectivity index (χ3v) is 3.34. The average molecular weight is 229 g/mol. The topological polar surface area (TPSA) is 50.5 Å². The Morgan fingerprint density at radius 2 is 2.00 bits per heavy atom. The van der Waals surface area contributed by atoms with Crippen LogP contribution in [0.2, 0.25) is 0 Å². The second-order valence-corrected chi connectivity index (χ2v) is 6.01. The van der Waals surface area contributed by atoms with Crippen molar-refractivity contribution in [3.63, 3.8) is 0 Å². The van der Waals surface area contributed by atoms with Gasteiger partial charge in [-0.2, -0.15) is 0 Å². The van der Waals surface area contributed by atoms with Crippen molar-refractivity contribution in [3.8, 4) is 0 Å². The van der Waals surface area contributed by atoms with Gasteiger partial charge in [0.2, 0.25) is 0 Å². The Hall–Kier alpha value is -0.160. The summed E-state index contributed by atoms with van der Waals surface area (Å²) in [7, 11) is 0. The summed E-state index contributed by atoms with van der Waals surface area (Å²) in [5, 5.41) is 0. The lowest BCUT2D eigenvalue weighted by Crippen LogP contribution is -2.59. The Morgan fingerprint density at radius 3 is 2.44 bits per heavy atom. The molecule has 3 N–H and O–H groups in total. The van der Waals surface area contributed by atoms with E-state index in [1.54, 1.807) is 0 Å². The highest BCUT2D eigenvalue weighted by atomic mass is 16.5. The highest BCUT2D eigenvalue weighted by Gasteiger charge is 2.35. The molecule has 16 heavy (non-hydrogen) atoms. The first-order valence-corrected chi connectivity index (χ1v) is 6.18. The third kappa shape index (κ3) is 3.42. The molecule has 2 unspecified atom stereocenters. The first-order chi connectivity index (χ1) is 7.36. The van der Waals surface area contributed by atoms with E-state index < -0.39 is 0 Å². The van der Waals surface area contributed by atoms with E-state index in [1.165, 1.54) is 0 Å². The number of rotatable bonds is 3. The Kier molecular flexibility index (Phi) is 4.73. The van der Waals surface area contributed by atoms with E-state index >= 15 is 0 Å². The van der Waals surface area contributed by atoms with Gasteiger partial charge < -0.3 is 4.74 Å². The van der Waals surface area contributed by atoms with Gasteiger partial charge in [0.1, 0.15) is 0 Å². The van der Waals surface area contributed by atoms with Crippen molar-refractivity contribution >= 4 is 0 Å². The minimum Gasteiger partial charge on any atom is -0.374 e. The number of ether oxygens (including phenoxy) is 1. The number of hydrogen-bond donors (Lipinski definition) is 2. The molecule has 1 saturated heterocycles. The monoisotopic (exact) mass is 229 g/mol. The van der Waals surface area contributed by atoms with E-state index in [-0.39, 0.29) is 17.6 Å². The van der Waals surface area contributed by atoms with Crippen molar-refractivity contribution in [2.45, 2.75) is 52.8 Å². The van der Waals surface area contributed by atoms with Crippen LogP contribution in [-0.4, -0.2) is 42.8 Å². The number of nitrogens with zero attached hydrogens (tertiary/aromatic N) is 1. The minimum absolute atomic E-state index is 0.111. The molecule has 0 radical (unpaired) electrons. The van der Waals surface area contributed by atoms with Gasteiger partial charge in [0.25, 0.3) is 0 Å². The van der Waals surface area contributed by atoms with Crippen LogP contribution in [0.15, 0.2) is 0 Å². The normalized spacial score (nSPS) is 26.1. The predicted octanol–water partition coefficient (Wildman–Crippen LogP) is 0.974. The Balaban J connectivity index is 2.64. The molecule has 1 rings (SSSR count). The number of nitrogens with one attached hydrogen (secondary N) is 1. The van der Waals surface area contributed by atoms with Gasteiger partial charge >= 0.3 is 0 Å². The maximum absolute atomic E-state index is 5.85. The van der Waals surface area contributed by atoms with Crippen LogP contribution < -0.4 is 11.3 Å². The molecule has 1 fully saturated rings. The van der Waals surface area contributed by atoms with E-state index in [0.29, 0.717) is 6.04 Å². The quantitative estimate of drug-likeness (QED) is 0.559. The van der Waals surface area contributed by atoms with E-state index in [4.69, 9.17) is 10.6 Å². The highest BCUT2D eigenvalue weighted by Crippen LogP contribution is 2.25. The summed E-state index contributed by atoms with van der Waals surface area (Å²) in [6.45, 7) is 13.8.